The van der Waals surface area contributed by atoms with E-state index in [1.54, 1.807) is 13.1 Å². The summed E-state index contributed by atoms with van der Waals surface area (Å²) < 4.78 is 15.0. The molecule has 84 valence electrons. The summed E-state index contributed by atoms with van der Waals surface area (Å²) in [6.07, 6.45) is 0. The van der Waals surface area contributed by atoms with E-state index in [-0.39, 0.29) is 12.2 Å². The van der Waals surface area contributed by atoms with Gasteiger partial charge in [0.1, 0.15) is 11.5 Å². The highest BCUT2D eigenvalue weighted by atomic mass is 35.5. The summed E-state index contributed by atoms with van der Waals surface area (Å²) in [6.45, 7) is -0.249. The second kappa shape index (κ2) is 4.19. The van der Waals surface area contributed by atoms with E-state index in [1.165, 1.54) is 16.8 Å². The van der Waals surface area contributed by atoms with Crippen molar-refractivity contribution in [3.05, 3.63) is 34.7 Å². The number of benzene rings is 1. The number of halogens is 2. The normalized spacial score (nSPS) is 10.8. The van der Waals surface area contributed by atoms with Crippen molar-refractivity contribution in [2.75, 3.05) is 0 Å². The van der Waals surface area contributed by atoms with Crippen LogP contribution in [-0.4, -0.2) is 20.1 Å². The van der Waals surface area contributed by atoms with Crippen LogP contribution >= 0.6 is 11.6 Å². The van der Waals surface area contributed by atoms with E-state index in [0.29, 0.717) is 16.4 Å². The van der Waals surface area contributed by atoms with Crippen LogP contribution in [0.25, 0.3) is 11.3 Å². The first kappa shape index (κ1) is 11.0. The number of aliphatic hydroxyl groups excluding tert-OH is 1. The third-order valence-electron chi connectivity index (χ3n) is 2.28. The van der Waals surface area contributed by atoms with E-state index >= 15 is 0 Å². The van der Waals surface area contributed by atoms with Gasteiger partial charge in [-0.1, -0.05) is 16.8 Å². The van der Waals surface area contributed by atoms with Crippen LogP contribution in [-0.2, 0) is 13.7 Å². The molecule has 0 aliphatic heterocycles. The SMILES string of the molecule is Cn1nnc(-c2ccc(Cl)cc2F)c1CO. The summed E-state index contributed by atoms with van der Waals surface area (Å²) in [5.41, 5.74) is 1.07. The minimum Gasteiger partial charge on any atom is -0.390 e. The molecular weight excluding hydrogens is 233 g/mol. The molecule has 0 aliphatic rings. The first-order valence-electron chi connectivity index (χ1n) is 4.58. The lowest BCUT2D eigenvalue weighted by atomic mass is 10.1. The predicted octanol–water partition coefficient (Wildman–Crippen LogP) is 1.77. The monoisotopic (exact) mass is 241 g/mol. The van der Waals surface area contributed by atoms with Gasteiger partial charge < -0.3 is 5.11 Å². The van der Waals surface area contributed by atoms with Crippen molar-refractivity contribution in [1.29, 1.82) is 0 Å². The molecule has 16 heavy (non-hydrogen) atoms. The number of aliphatic hydroxyl groups is 1. The van der Waals surface area contributed by atoms with Crippen molar-refractivity contribution in [2.45, 2.75) is 6.61 Å². The van der Waals surface area contributed by atoms with Crippen LogP contribution in [0, 0.1) is 5.82 Å². The van der Waals surface area contributed by atoms with E-state index in [9.17, 15) is 4.39 Å². The summed E-state index contributed by atoms with van der Waals surface area (Å²) in [5, 5.41) is 17.0. The summed E-state index contributed by atoms with van der Waals surface area (Å²) in [5.74, 6) is -0.484. The minimum atomic E-state index is -0.484. The smallest absolute Gasteiger partial charge is 0.134 e. The third kappa shape index (κ3) is 1.79. The van der Waals surface area contributed by atoms with Crippen LogP contribution in [0.4, 0.5) is 4.39 Å². The Labute approximate surface area is 96.3 Å². The van der Waals surface area contributed by atoms with E-state index in [1.807, 2.05) is 0 Å². The fourth-order valence-corrected chi connectivity index (χ4v) is 1.60. The topological polar surface area (TPSA) is 50.9 Å². The lowest BCUT2D eigenvalue weighted by molar-refractivity contribution is 0.271. The standard InChI is InChI=1S/C10H9ClFN3O/c1-15-9(5-16)10(13-14-15)7-3-2-6(11)4-8(7)12/h2-4,16H,5H2,1H3. The molecule has 1 heterocycles. The third-order valence-corrected chi connectivity index (χ3v) is 2.51. The van der Waals surface area contributed by atoms with Gasteiger partial charge in [0.2, 0.25) is 0 Å². The molecule has 0 bridgehead atoms. The zero-order valence-electron chi connectivity index (χ0n) is 8.48. The second-order valence-corrected chi connectivity index (χ2v) is 3.73. The van der Waals surface area contributed by atoms with Crippen LogP contribution in [0.3, 0.4) is 0 Å². The van der Waals surface area contributed by atoms with Crippen molar-refractivity contribution in [3.8, 4) is 11.3 Å². The molecule has 1 aromatic carbocycles. The molecule has 0 unspecified atom stereocenters. The highest BCUT2D eigenvalue weighted by Crippen LogP contribution is 2.26. The van der Waals surface area contributed by atoms with Gasteiger partial charge in [-0.25, -0.2) is 9.07 Å². The molecular formula is C10H9ClFN3O. The van der Waals surface area contributed by atoms with E-state index in [2.05, 4.69) is 10.3 Å². The Morgan fingerprint density at radius 2 is 2.25 bits per heavy atom. The molecule has 0 amide bonds. The fraction of sp³-hybridized carbons (Fsp3) is 0.200. The number of nitrogens with zero attached hydrogens (tertiary/aromatic N) is 3. The molecule has 0 spiro atoms. The number of hydrogen-bond acceptors (Lipinski definition) is 3. The van der Waals surface area contributed by atoms with Crippen LogP contribution in [0.1, 0.15) is 5.69 Å². The second-order valence-electron chi connectivity index (χ2n) is 3.29. The molecule has 1 aromatic heterocycles. The average molecular weight is 242 g/mol. The van der Waals surface area contributed by atoms with Gasteiger partial charge in [-0.05, 0) is 18.2 Å². The quantitative estimate of drug-likeness (QED) is 0.872. The van der Waals surface area contributed by atoms with Crippen LogP contribution in [0.15, 0.2) is 18.2 Å². The Morgan fingerprint density at radius 3 is 2.88 bits per heavy atom. The zero-order valence-corrected chi connectivity index (χ0v) is 9.24. The predicted molar refractivity (Wildman–Crippen MR) is 57.3 cm³/mol. The molecule has 2 aromatic rings. The maximum absolute atomic E-state index is 13.6. The van der Waals surface area contributed by atoms with Crippen LogP contribution in [0.2, 0.25) is 5.02 Å². The van der Waals surface area contributed by atoms with E-state index < -0.39 is 5.82 Å². The van der Waals surface area contributed by atoms with Gasteiger partial charge in [-0.15, -0.1) is 5.10 Å². The van der Waals surface area contributed by atoms with Gasteiger partial charge in [0.25, 0.3) is 0 Å². The van der Waals surface area contributed by atoms with Gasteiger partial charge in [0.15, 0.2) is 0 Å². The Hall–Kier alpha value is -1.46. The lowest BCUT2D eigenvalue weighted by Gasteiger charge is -2.02. The zero-order chi connectivity index (χ0) is 11.7. The van der Waals surface area contributed by atoms with Crippen molar-refractivity contribution in [2.24, 2.45) is 7.05 Å². The summed E-state index contributed by atoms with van der Waals surface area (Å²) in [6, 6.07) is 4.28. The van der Waals surface area contributed by atoms with E-state index in [0.717, 1.165) is 0 Å². The van der Waals surface area contributed by atoms with Gasteiger partial charge in [-0.3, -0.25) is 0 Å². The number of hydrogen-bond donors (Lipinski definition) is 1. The van der Waals surface area contributed by atoms with Gasteiger partial charge in [0.05, 0.1) is 12.3 Å². The van der Waals surface area contributed by atoms with Crippen LogP contribution < -0.4 is 0 Å². The fourth-order valence-electron chi connectivity index (χ4n) is 1.44. The van der Waals surface area contributed by atoms with Gasteiger partial charge >= 0.3 is 0 Å². The van der Waals surface area contributed by atoms with E-state index in [4.69, 9.17) is 16.7 Å². The largest absolute Gasteiger partial charge is 0.390 e. The first-order valence-corrected chi connectivity index (χ1v) is 4.96. The molecule has 4 nitrogen and oxygen atoms in total. The number of aryl methyl sites for hydroxylation is 1. The summed E-state index contributed by atoms with van der Waals surface area (Å²) in [4.78, 5) is 0. The van der Waals surface area contributed by atoms with Crippen LogP contribution in [0.5, 0.6) is 0 Å². The molecule has 0 fully saturated rings. The molecule has 0 saturated heterocycles. The Bertz CT molecular complexity index is 527. The van der Waals surface area contributed by atoms with Crippen molar-refractivity contribution < 1.29 is 9.50 Å². The molecule has 0 saturated carbocycles. The maximum Gasteiger partial charge on any atom is 0.134 e. The van der Waals surface area contributed by atoms with Crippen molar-refractivity contribution in [3.63, 3.8) is 0 Å². The van der Waals surface area contributed by atoms with Gasteiger partial charge in [0, 0.05) is 17.6 Å². The summed E-state index contributed by atoms with van der Waals surface area (Å²) >= 11 is 5.65. The Morgan fingerprint density at radius 1 is 1.50 bits per heavy atom. The molecule has 0 radical (unpaired) electrons. The molecule has 1 N–H and O–H groups in total. The Balaban J connectivity index is 2.58. The van der Waals surface area contributed by atoms with Crippen molar-refractivity contribution in [1.82, 2.24) is 15.0 Å². The average Bonchev–Trinajstić information content (AvgIpc) is 2.59. The highest BCUT2D eigenvalue weighted by molar-refractivity contribution is 6.30. The summed E-state index contributed by atoms with van der Waals surface area (Å²) in [7, 11) is 1.63. The highest BCUT2D eigenvalue weighted by Gasteiger charge is 2.15. The molecule has 0 atom stereocenters. The molecule has 2 rings (SSSR count). The first-order chi connectivity index (χ1) is 7.63. The number of aromatic nitrogens is 3. The maximum atomic E-state index is 13.6. The van der Waals surface area contributed by atoms with Gasteiger partial charge in [-0.2, -0.15) is 0 Å². The Kier molecular flexibility index (Phi) is 2.89. The lowest BCUT2D eigenvalue weighted by Crippen LogP contribution is -1.99. The number of rotatable bonds is 2. The molecule has 0 aliphatic carbocycles. The molecule has 6 heteroatoms. The minimum absolute atomic E-state index is 0.249. The van der Waals surface area contributed by atoms with Crippen molar-refractivity contribution >= 4 is 11.6 Å².